The number of hydrogen-bond acceptors (Lipinski definition) is 3. The normalized spacial score (nSPS) is 16.7. The van der Waals surface area contributed by atoms with Crippen LogP contribution in [0.4, 0.5) is 0 Å². The molecule has 0 saturated heterocycles. The van der Waals surface area contributed by atoms with Crippen molar-refractivity contribution in [3.63, 3.8) is 0 Å². The molecule has 0 saturated carbocycles. The molecule has 0 amide bonds. The Morgan fingerprint density at radius 2 is 2.00 bits per heavy atom. The van der Waals surface area contributed by atoms with Crippen molar-refractivity contribution >= 4 is 17.6 Å². The lowest BCUT2D eigenvalue weighted by Gasteiger charge is -2.18. The second kappa shape index (κ2) is 3.94. The lowest BCUT2D eigenvalue weighted by Crippen LogP contribution is -2.15. The van der Waals surface area contributed by atoms with Gasteiger partial charge in [-0.2, -0.15) is 0 Å². The van der Waals surface area contributed by atoms with E-state index in [1.54, 1.807) is 24.5 Å². The van der Waals surface area contributed by atoms with Crippen molar-refractivity contribution in [2.75, 3.05) is 0 Å². The summed E-state index contributed by atoms with van der Waals surface area (Å²) in [4.78, 5) is 11.8. The molecule has 3 nitrogen and oxygen atoms in total. The van der Waals surface area contributed by atoms with E-state index >= 15 is 0 Å². The van der Waals surface area contributed by atoms with Crippen LogP contribution in [0.3, 0.4) is 0 Å². The van der Waals surface area contributed by atoms with E-state index < -0.39 is 0 Å². The molecule has 17 heavy (non-hydrogen) atoms. The van der Waals surface area contributed by atoms with E-state index in [-0.39, 0.29) is 5.97 Å². The molecule has 0 bridgehead atoms. The van der Waals surface area contributed by atoms with Crippen molar-refractivity contribution < 1.29 is 13.9 Å². The van der Waals surface area contributed by atoms with Crippen LogP contribution >= 0.6 is 0 Å². The lowest BCUT2D eigenvalue weighted by molar-refractivity contribution is -0.138. The third-order valence-electron chi connectivity index (χ3n) is 2.72. The number of esters is 1. The van der Waals surface area contributed by atoms with Crippen LogP contribution in [0.15, 0.2) is 47.1 Å². The zero-order valence-corrected chi connectivity index (χ0v) is 9.05. The van der Waals surface area contributed by atoms with Crippen LogP contribution < -0.4 is 0 Å². The summed E-state index contributed by atoms with van der Waals surface area (Å²) in [6.07, 6.45) is 3.28. The van der Waals surface area contributed by atoms with Gasteiger partial charge in [0, 0.05) is 0 Å². The van der Waals surface area contributed by atoms with E-state index in [1.165, 1.54) is 0 Å². The molecule has 84 valence electrons. The van der Waals surface area contributed by atoms with E-state index in [0.29, 0.717) is 17.9 Å². The highest BCUT2D eigenvalue weighted by molar-refractivity contribution is 6.22. The van der Waals surface area contributed by atoms with Gasteiger partial charge in [0.1, 0.15) is 12.4 Å². The fourth-order valence-electron chi connectivity index (χ4n) is 1.89. The molecular formula is C14H10O3. The number of ether oxygens (including phenoxy) is 1. The van der Waals surface area contributed by atoms with E-state index in [1.807, 2.05) is 24.3 Å². The van der Waals surface area contributed by atoms with Crippen molar-refractivity contribution in [2.24, 2.45) is 0 Å². The summed E-state index contributed by atoms with van der Waals surface area (Å²) < 4.78 is 10.3. The molecule has 0 aliphatic carbocycles. The number of hydrogen-bond donors (Lipinski definition) is 0. The summed E-state index contributed by atoms with van der Waals surface area (Å²) >= 11 is 0. The minimum absolute atomic E-state index is 0.305. The number of carbonyl (C=O) groups excluding carboxylic acids is 1. The number of benzene rings is 1. The SMILES string of the molecule is O=C1OCc2ccccc2C1=Cc1ccco1. The molecule has 0 unspecified atom stereocenters. The van der Waals surface area contributed by atoms with Crippen LogP contribution in [0.5, 0.6) is 0 Å². The standard InChI is InChI=1S/C14H10O3/c15-14-13(8-11-5-3-7-16-11)12-6-2-1-4-10(12)9-17-14/h1-8H,9H2. The van der Waals surface area contributed by atoms with Gasteiger partial charge in [0.25, 0.3) is 0 Å². The minimum Gasteiger partial charge on any atom is -0.465 e. The first-order valence-corrected chi connectivity index (χ1v) is 5.35. The highest BCUT2D eigenvalue weighted by Crippen LogP contribution is 2.28. The Morgan fingerprint density at radius 3 is 2.82 bits per heavy atom. The summed E-state index contributed by atoms with van der Waals surface area (Å²) in [6.45, 7) is 0.338. The van der Waals surface area contributed by atoms with Crippen molar-refractivity contribution in [1.29, 1.82) is 0 Å². The predicted molar refractivity (Wildman–Crippen MR) is 62.8 cm³/mol. The maximum Gasteiger partial charge on any atom is 0.339 e. The summed E-state index contributed by atoms with van der Waals surface area (Å²) in [5, 5.41) is 0. The van der Waals surface area contributed by atoms with Crippen LogP contribution in [-0.4, -0.2) is 5.97 Å². The predicted octanol–water partition coefficient (Wildman–Crippen LogP) is 2.88. The third-order valence-corrected chi connectivity index (χ3v) is 2.72. The van der Waals surface area contributed by atoms with Crippen LogP contribution in [0.2, 0.25) is 0 Å². The van der Waals surface area contributed by atoms with Crippen LogP contribution in [-0.2, 0) is 16.1 Å². The molecule has 0 fully saturated rings. The van der Waals surface area contributed by atoms with E-state index in [4.69, 9.17) is 9.15 Å². The average molecular weight is 226 g/mol. The van der Waals surface area contributed by atoms with Gasteiger partial charge in [0.05, 0.1) is 11.8 Å². The summed E-state index contributed by atoms with van der Waals surface area (Å²) in [5.74, 6) is 0.341. The first kappa shape index (κ1) is 9.90. The third kappa shape index (κ3) is 1.76. The van der Waals surface area contributed by atoms with Crippen LogP contribution in [0.25, 0.3) is 11.6 Å². The van der Waals surface area contributed by atoms with Gasteiger partial charge in [-0.1, -0.05) is 24.3 Å². The Balaban J connectivity index is 2.13. The van der Waals surface area contributed by atoms with E-state index in [9.17, 15) is 4.79 Å². The average Bonchev–Trinajstić information content (AvgIpc) is 2.86. The topological polar surface area (TPSA) is 39.4 Å². The van der Waals surface area contributed by atoms with Crippen LogP contribution in [0, 0.1) is 0 Å². The quantitative estimate of drug-likeness (QED) is 0.554. The molecule has 1 aliphatic heterocycles. The van der Waals surface area contributed by atoms with E-state index in [0.717, 1.165) is 11.1 Å². The van der Waals surface area contributed by atoms with Gasteiger partial charge in [-0.3, -0.25) is 0 Å². The fraction of sp³-hybridized carbons (Fsp3) is 0.0714. The number of fused-ring (bicyclic) bond motifs is 1. The molecule has 1 aromatic heterocycles. The van der Waals surface area contributed by atoms with Crippen molar-refractivity contribution in [2.45, 2.75) is 6.61 Å². The summed E-state index contributed by atoms with van der Waals surface area (Å²) in [7, 11) is 0. The monoisotopic (exact) mass is 226 g/mol. The zero-order chi connectivity index (χ0) is 11.7. The summed E-state index contributed by atoms with van der Waals surface area (Å²) in [5.41, 5.74) is 2.48. The first-order chi connectivity index (χ1) is 8.34. The Bertz CT molecular complexity index is 579. The molecule has 1 aromatic carbocycles. The lowest BCUT2D eigenvalue weighted by atomic mass is 9.97. The number of rotatable bonds is 1. The zero-order valence-electron chi connectivity index (χ0n) is 9.05. The second-order valence-electron chi connectivity index (χ2n) is 3.81. The molecule has 1 aliphatic rings. The van der Waals surface area contributed by atoms with Crippen LogP contribution in [0.1, 0.15) is 16.9 Å². The Morgan fingerprint density at radius 1 is 1.12 bits per heavy atom. The molecule has 0 atom stereocenters. The fourth-order valence-corrected chi connectivity index (χ4v) is 1.89. The smallest absolute Gasteiger partial charge is 0.339 e. The molecule has 2 aromatic rings. The number of cyclic esters (lactones) is 1. The maximum absolute atomic E-state index is 11.8. The highest BCUT2D eigenvalue weighted by atomic mass is 16.5. The number of carbonyl (C=O) groups is 1. The molecule has 2 heterocycles. The molecular weight excluding hydrogens is 216 g/mol. The molecule has 3 heteroatoms. The van der Waals surface area contributed by atoms with Crippen molar-refractivity contribution in [3.05, 3.63) is 59.5 Å². The first-order valence-electron chi connectivity index (χ1n) is 5.35. The Kier molecular flexibility index (Phi) is 2.29. The van der Waals surface area contributed by atoms with Gasteiger partial charge < -0.3 is 9.15 Å². The van der Waals surface area contributed by atoms with Gasteiger partial charge in [0.15, 0.2) is 0 Å². The molecule has 0 radical (unpaired) electrons. The van der Waals surface area contributed by atoms with E-state index in [2.05, 4.69) is 0 Å². The molecule has 0 spiro atoms. The summed E-state index contributed by atoms with van der Waals surface area (Å²) in [6, 6.07) is 11.3. The minimum atomic E-state index is -0.305. The molecule has 0 N–H and O–H groups in total. The Labute approximate surface area is 98.3 Å². The van der Waals surface area contributed by atoms with Crippen molar-refractivity contribution in [1.82, 2.24) is 0 Å². The van der Waals surface area contributed by atoms with Gasteiger partial charge >= 0.3 is 5.97 Å². The second-order valence-corrected chi connectivity index (χ2v) is 3.81. The Hall–Kier alpha value is -2.29. The largest absolute Gasteiger partial charge is 0.465 e. The van der Waals surface area contributed by atoms with Gasteiger partial charge in [-0.05, 0) is 29.3 Å². The highest BCUT2D eigenvalue weighted by Gasteiger charge is 2.22. The van der Waals surface area contributed by atoms with Crippen molar-refractivity contribution in [3.8, 4) is 0 Å². The number of furan rings is 1. The van der Waals surface area contributed by atoms with Gasteiger partial charge in [-0.15, -0.1) is 0 Å². The maximum atomic E-state index is 11.8. The van der Waals surface area contributed by atoms with Gasteiger partial charge in [-0.25, -0.2) is 4.79 Å². The van der Waals surface area contributed by atoms with Gasteiger partial charge in [0.2, 0.25) is 0 Å². The molecule has 3 rings (SSSR count).